The van der Waals surface area contributed by atoms with Crippen LogP contribution in [0, 0.1) is 5.41 Å². The predicted octanol–water partition coefficient (Wildman–Crippen LogP) is 2.35. The first-order valence-corrected chi connectivity index (χ1v) is 9.99. The third-order valence-corrected chi connectivity index (χ3v) is 6.06. The van der Waals surface area contributed by atoms with Crippen molar-refractivity contribution in [3.8, 4) is 5.75 Å². The summed E-state index contributed by atoms with van der Waals surface area (Å²) in [6.07, 6.45) is 1.11. The van der Waals surface area contributed by atoms with Gasteiger partial charge in [0.25, 0.3) is 0 Å². The number of nitrogens with zero attached hydrogens (tertiary/aromatic N) is 2. The molecule has 7 heteroatoms. The van der Waals surface area contributed by atoms with E-state index in [1.165, 1.54) is 17.5 Å². The van der Waals surface area contributed by atoms with Gasteiger partial charge in [-0.2, -0.15) is 4.31 Å². The molecule has 1 aliphatic heterocycles. The largest absolute Gasteiger partial charge is 0.497 e. The SMILES string of the molecule is COc1cccc(S(=O)(=O)N2CCCN(C(=O)CC(C)(C)C)CC2)c1. The van der Waals surface area contributed by atoms with Crippen LogP contribution >= 0.6 is 0 Å². The van der Waals surface area contributed by atoms with Crippen molar-refractivity contribution in [3.63, 3.8) is 0 Å². The van der Waals surface area contributed by atoms with Crippen molar-refractivity contribution in [1.82, 2.24) is 9.21 Å². The lowest BCUT2D eigenvalue weighted by Gasteiger charge is -2.25. The summed E-state index contributed by atoms with van der Waals surface area (Å²) in [5.41, 5.74) is -0.0737. The molecule has 25 heavy (non-hydrogen) atoms. The molecule has 0 aliphatic carbocycles. The Morgan fingerprint density at radius 1 is 1.16 bits per heavy atom. The summed E-state index contributed by atoms with van der Waals surface area (Å²) in [7, 11) is -2.08. The van der Waals surface area contributed by atoms with E-state index in [0.717, 1.165) is 0 Å². The zero-order valence-electron chi connectivity index (χ0n) is 15.5. The molecular formula is C18H28N2O4S. The lowest BCUT2D eigenvalue weighted by molar-refractivity contribution is -0.132. The second-order valence-corrected chi connectivity index (χ2v) is 9.49. The van der Waals surface area contributed by atoms with Crippen LogP contribution < -0.4 is 4.74 Å². The van der Waals surface area contributed by atoms with E-state index in [1.54, 1.807) is 23.1 Å². The second-order valence-electron chi connectivity index (χ2n) is 7.55. The number of rotatable bonds is 4. The molecule has 0 radical (unpaired) electrons. The maximum absolute atomic E-state index is 12.9. The van der Waals surface area contributed by atoms with Crippen molar-refractivity contribution in [3.05, 3.63) is 24.3 Å². The van der Waals surface area contributed by atoms with E-state index in [2.05, 4.69) is 0 Å². The van der Waals surface area contributed by atoms with Crippen LogP contribution in [0.2, 0.25) is 0 Å². The van der Waals surface area contributed by atoms with Gasteiger partial charge in [-0.1, -0.05) is 26.8 Å². The van der Waals surface area contributed by atoms with Crippen molar-refractivity contribution in [2.45, 2.75) is 38.5 Å². The van der Waals surface area contributed by atoms with Gasteiger partial charge in [0.1, 0.15) is 5.75 Å². The number of sulfonamides is 1. The topological polar surface area (TPSA) is 66.9 Å². The van der Waals surface area contributed by atoms with Gasteiger partial charge >= 0.3 is 0 Å². The summed E-state index contributed by atoms with van der Waals surface area (Å²) in [5.74, 6) is 0.603. The zero-order chi connectivity index (χ0) is 18.7. The summed E-state index contributed by atoms with van der Waals surface area (Å²) in [5, 5.41) is 0. The normalized spacial score (nSPS) is 17.2. The molecule has 1 saturated heterocycles. The van der Waals surface area contributed by atoms with Crippen LogP contribution in [0.25, 0.3) is 0 Å². The van der Waals surface area contributed by atoms with E-state index in [9.17, 15) is 13.2 Å². The highest BCUT2D eigenvalue weighted by Crippen LogP contribution is 2.23. The first-order chi connectivity index (χ1) is 11.6. The summed E-state index contributed by atoms with van der Waals surface area (Å²) in [6, 6.07) is 6.49. The van der Waals surface area contributed by atoms with Gasteiger partial charge in [-0.15, -0.1) is 0 Å². The van der Waals surface area contributed by atoms with Gasteiger partial charge in [0.05, 0.1) is 12.0 Å². The summed E-state index contributed by atoms with van der Waals surface area (Å²) in [6.45, 7) is 7.85. The van der Waals surface area contributed by atoms with Gasteiger partial charge in [-0.3, -0.25) is 4.79 Å². The number of amides is 1. The van der Waals surface area contributed by atoms with Gasteiger partial charge in [0.15, 0.2) is 0 Å². The van der Waals surface area contributed by atoms with E-state index in [-0.39, 0.29) is 16.2 Å². The van der Waals surface area contributed by atoms with Crippen LogP contribution in [0.5, 0.6) is 5.75 Å². The highest BCUT2D eigenvalue weighted by Gasteiger charge is 2.29. The standard InChI is InChI=1S/C18H28N2O4S/c1-18(2,3)14-17(21)19-9-6-10-20(12-11-19)25(22,23)16-8-5-7-15(13-16)24-4/h5,7-8,13H,6,9-12,14H2,1-4H3. The highest BCUT2D eigenvalue weighted by atomic mass is 32.2. The van der Waals surface area contributed by atoms with Crippen molar-refractivity contribution in [1.29, 1.82) is 0 Å². The van der Waals surface area contributed by atoms with Gasteiger partial charge < -0.3 is 9.64 Å². The van der Waals surface area contributed by atoms with Gasteiger partial charge in [0.2, 0.25) is 15.9 Å². The van der Waals surface area contributed by atoms with E-state index >= 15 is 0 Å². The van der Waals surface area contributed by atoms with Gasteiger partial charge in [-0.05, 0) is 24.0 Å². The average molecular weight is 368 g/mol. The molecular weight excluding hydrogens is 340 g/mol. The van der Waals surface area contributed by atoms with Crippen LogP contribution in [0.1, 0.15) is 33.6 Å². The molecule has 0 aromatic heterocycles. The minimum atomic E-state index is -3.59. The van der Waals surface area contributed by atoms with E-state index < -0.39 is 10.0 Å². The zero-order valence-corrected chi connectivity index (χ0v) is 16.3. The van der Waals surface area contributed by atoms with E-state index in [4.69, 9.17) is 4.74 Å². The molecule has 1 fully saturated rings. The fourth-order valence-corrected chi connectivity index (χ4v) is 4.36. The number of hydrogen-bond donors (Lipinski definition) is 0. The Labute approximate surface area is 150 Å². The molecule has 140 valence electrons. The Bertz CT molecular complexity index is 710. The van der Waals surface area contributed by atoms with Gasteiger partial charge in [-0.25, -0.2) is 8.42 Å². The Balaban J connectivity index is 2.10. The highest BCUT2D eigenvalue weighted by molar-refractivity contribution is 7.89. The molecule has 1 heterocycles. The predicted molar refractivity (Wildman–Crippen MR) is 97.0 cm³/mol. The molecule has 1 aliphatic rings. The number of carbonyl (C=O) groups is 1. The first-order valence-electron chi connectivity index (χ1n) is 8.55. The molecule has 0 unspecified atom stereocenters. The summed E-state index contributed by atoms with van der Waals surface area (Å²) < 4.78 is 32.3. The number of benzene rings is 1. The Morgan fingerprint density at radius 3 is 2.52 bits per heavy atom. The van der Waals surface area contributed by atoms with Crippen molar-refractivity contribution in [2.75, 3.05) is 33.3 Å². The van der Waals surface area contributed by atoms with Crippen molar-refractivity contribution >= 4 is 15.9 Å². The monoisotopic (exact) mass is 368 g/mol. The number of methoxy groups -OCH3 is 1. The molecule has 0 spiro atoms. The Kier molecular flexibility index (Phi) is 6.11. The van der Waals surface area contributed by atoms with E-state index in [0.29, 0.717) is 44.8 Å². The minimum Gasteiger partial charge on any atom is -0.497 e. The maximum atomic E-state index is 12.9. The molecule has 1 amide bonds. The fourth-order valence-electron chi connectivity index (χ4n) is 2.86. The number of carbonyl (C=O) groups excluding carboxylic acids is 1. The quantitative estimate of drug-likeness (QED) is 0.818. The summed E-state index contributed by atoms with van der Waals surface area (Å²) >= 11 is 0. The fraction of sp³-hybridized carbons (Fsp3) is 0.611. The number of ether oxygens (including phenoxy) is 1. The molecule has 0 bridgehead atoms. The average Bonchev–Trinajstić information content (AvgIpc) is 2.80. The molecule has 0 atom stereocenters. The summed E-state index contributed by atoms with van der Waals surface area (Å²) in [4.78, 5) is 14.4. The molecule has 2 rings (SSSR count). The molecule has 6 nitrogen and oxygen atoms in total. The molecule has 0 saturated carbocycles. The third-order valence-electron chi connectivity index (χ3n) is 4.17. The minimum absolute atomic E-state index is 0.0737. The third kappa shape index (κ3) is 5.19. The first kappa shape index (κ1) is 19.7. The number of hydrogen-bond acceptors (Lipinski definition) is 4. The lowest BCUT2D eigenvalue weighted by atomic mass is 9.91. The van der Waals surface area contributed by atoms with Gasteiger partial charge in [0, 0.05) is 38.7 Å². The second kappa shape index (κ2) is 7.74. The molecule has 0 N–H and O–H groups in total. The van der Waals surface area contributed by atoms with Crippen LogP contribution in [-0.2, 0) is 14.8 Å². The van der Waals surface area contributed by atoms with Crippen LogP contribution in [-0.4, -0.2) is 56.8 Å². The van der Waals surface area contributed by atoms with Crippen LogP contribution in [0.4, 0.5) is 0 Å². The van der Waals surface area contributed by atoms with Crippen molar-refractivity contribution < 1.29 is 17.9 Å². The molecule has 1 aromatic rings. The van der Waals surface area contributed by atoms with E-state index in [1.807, 2.05) is 20.8 Å². The lowest BCUT2D eigenvalue weighted by Crippen LogP contribution is -2.38. The van der Waals surface area contributed by atoms with Crippen molar-refractivity contribution in [2.24, 2.45) is 5.41 Å². The molecule has 1 aromatic carbocycles. The smallest absolute Gasteiger partial charge is 0.243 e. The maximum Gasteiger partial charge on any atom is 0.243 e. The van der Waals surface area contributed by atoms with Crippen LogP contribution in [0.15, 0.2) is 29.2 Å². The van der Waals surface area contributed by atoms with Crippen LogP contribution in [0.3, 0.4) is 0 Å². The Morgan fingerprint density at radius 2 is 1.88 bits per heavy atom. The Hall–Kier alpha value is -1.60.